The summed E-state index contributed by atoms with van der Waals surface area (Å²) in [5, 5.41) is 2.87. The molecule has 270 valence electrons. The molecule has 2 heterocycles. The summed E-state index contributed by atoms with van der Waals surface area (Å²) in [5.74, 6) is 2.22. The van der Waals surface area contributed by atoms with E-state index in [4.69, 9.17) is 33.7 Å². The number of carbonyl (C=O) groups is 2. The van der Waals surface area contributed by atoms with Crippen molar-refractivity contribution in [3.05, 3.63) is 41.3 Å². The van der Waals surface area contributed by atoms with E-state index in [1.54, 1.807) is 4.57 Å². The number of fused-ring (bicyclic) bond motifs is 2. The second-order valence-electron chi connectivity index (χ2n) is 14.1. The molecular weight excluding hydrogens is 626 g/mol. The normalized spacial score (nSPS) is 14.8. The van der Waals surface area contributed by atoms with Gasteiger partial charge in [0.05, 0.1) is 49.1 Å². The predicted octanol–water partition coefficient (Wildman–Crippen LogP) is 7.60. The second kappa shape index (κ2) is 16.6. The number of hydrogen-bond donors (Lipinski definition) is 1. The summed E-state index contributed by atoms with van der Waals surface area (Å²) < 4.78 is 31.2. The molecule has 1 atom stereocenters. The maximum atomic E-state index is 13.7. The van der Waals surface area contributed by atoms with Gasteiger partial charge < -0.3 is 29.0 Å². The van der Waals surface area contributed by atoms with Gasteiger partial charge >= 0.3 is 12.2 Å². The lowest BCUT2D eigenvalue weighted by Gasteiger charge is -2.36. The molecule has 0 spiro atoms. The Morgan fingerprint density at radius 1 is 0.898 bits per heavy atom. The molecular formula is C37H55N5O7. The third-order valence-electron chi connectivity index (χ3n) is 7.82. The van der Waals surface area contributed by atoms with Crippen LogP contribution in [0.5, 0.6) is 17.4 Å². The zero-order chi connectivity index (χ0) is 35.8. The molecule has 4 rings (SSSR count). The first-order chi connectivity index (χ1) is 23.3. The van der Waals surface area contributed by atoms with E-state index in [1.165, 1.54) is 0 Å². The summed E-state index contributed by atoms with van der Waals surface area (Å²) >= 11 is 0. The molecule has 0 radical (unpaired) electrons. The van der Waals surface area contributed by atoms with E-state index in [1.807, 2.05) is 86.6 Å². The highest BCUT2D eigenvalue weighted by Crippen LogP contribution is 2.47. The van der Waals surface area contributed by atoms with E-state index in [-0.39, 0.29) is 6.04 Å². The molecule has 0 aliphatic heterocycles. The third kappa shape index (κ3) is 9.99. The Balaban J connectivity index is 1.73. The fourth-order valence-corrected chi connectivity index (χ4v) is 6.03. The number of ether oxygens (including phenoxy) is 5. The van der Waals surface area contributed by atoms with Gasteiger partial charge in [-0.25, -0.2) is 24.1 Å². The molecule has 12 heteroatoms. The first kappa shape index (κ1) is 37.8. The first-order valence-corrected chi connectivity index (χ1v) is 17.6. The molecule has 12 nitrogen and oxygen atoms in total. The summed E-state index contributed by atoms with van der Waals surface area (Å²) in [4.78, 5) is 38.3. The van der Waals surface area contributed by atoms with Crippen LogP contribution in [-0.4, -0.2) is 75.7 Å². The highest BCUT2D eigenvalue weighted by Gasteiger charge is 2.35. The molecule has 0 saturated carbocycles. The largest absolute Gasteiger partial charge is 0.489 e. The van der Waals surface area contributed by atoms with E-state index >= 15 is 0 Å². The molecule has 1 N–H and O–H groups in total. The Labute approximate surface area is 290 Å². The van der Waals surface area contributed by atoms with Crippen LogP contribution in [0.25, 0.3) is 11.0 Å². The number of aromatic nitrogens is 3. The Morgan fingerprint density at radius 2 is 1.57 bits per heavy atom. The molecule has 2 aromatic heterocycles. The van der Waals surface area contributed by atoms with Crippen LogP contribution in [0.2, 0.25) is 0 Å². The predicted molar refractivity (Wildman–Crippen MR) is 189 cm³/mol. The summed E-state index contributed by atoms with van der Waals surface area (Å²) in [5.41, 5.74) is 2.05. The number of pyridine rings is 1. The van der Waals surface area contributed by atoms with Crippen molar-refractivity contribution in [3.8, 4) is 17.4 Å². The van der Waals surface area contributed by atoms with Crippen molar-refractivity contribution in [3.63, 3.8) is 0 Å². The van der Waals surface area contributed by atoms with Gasteiger partial charge in [-0.1, -0.05) is 12.1 Å². The Hall–Kier alpha value is -4.06. The molecule has 0 fully saturated rings. The second-order valence-corrected chi connectivity index (χ2v) is 14.1. The lowest BCUT2D eigenvalue weighted by Crippen LogP contribution is -2.36. The van der Waals surface area contributed by atoms with Gasteiger partial charge in [0.2, 0.25) is 5.75 Å². The number of amides is 1. The average Bonchev–Trinajstić information content (AvgIpc) is 3.38. The van der Waals surface area contributed by atoms with E-state index < -0.39 is 23.4 Å². The molecule has 1 aliphatic rings. The highest BCUT2D eigenvalue weighted by atomic mass is 16.6. The quantitative estimate of drug-likeness (QED) is 0.170. The fraction of sp³-hybridized carbons (Fsp3) is 0.622. The van der Waals surface area contributed by atoms with Crippen LogP contribution in [0, 0.1) is 0 Å². The number of rotatable bonds is 14. The van der Waals surface area contributed by atoms with Crippen molar-refractivity contribution in [2.24, 2.45) is 0 Å². The molecule has 0 bridgehead atoms. The van der Waals surface area contributed by atoms with E-state index in [9.17, 15) is 9.59 Å². The van der Waals surface area contributed by atoms with Gasteiger partial charge in [0.1, 0.15) is 17.0 Å². The van der Waals surface area contributed by atoms with Crippen molar-refractivity contribution in [1.29, 1.82) is 0 Å². The lowest BCUT2D eigenvalue weighted by molar-refractivity contribution is 0.0520. The lowest BCUT2D eigenvalue weighted by atomic mass is 9.89. The van der Waals surface area contributed by atoms with Crippen LogP contribution in [0.3, 0.4) is 0 Å². The number of hydrogen-bond acceptors (Lipinski definition) is 10. The minimum Gasteiger partial charge on any atom is -0.489 e. The van der Waals surface area contributed by atoms with E-state index in [0.717, 1.165) is 43.4 Å². The standard InChI is InChI=1S/C37H55N5O7/c1-10-45-31-25-18-17-21-28(30(25)40-33(47-12-3)32(31)46-11-2)41(23-16-15-22-38-34(43)48-36(4,5)6)24-29-39-26-19-13-14-20-27(26)42(29)35(44)49-37(7,8)9/h13-14,19-20,28H,10-12,15-18,21-24H2,1-9H3,(H,38,43). The van der Waals surface area contributed by atoms with Gasteiger partial charge in [0, 0.05) is 12.1 Å². The Bertz CT molecular complexity index is 1570. The summed E-state index contributed by atoms with van der Waals surface area (Å²) in [6, 6.07) is 7.48. The summed E-state index contributed by atoms with van der Waals surface area (Å²) in [6.07, 6.45) is 3.14. The van der Waals surface area contributed by atoms with Gasteiger partial charge in [-0.3, -0.25) is 4.90 Å². The van der Waals surface area contributed by atoms with Crippen LogP contribution in [0.4, 0.5) is 9.59 Å². The van der Waals surface area contributed by atoms with Crippen molar-refractivity contribution in [2.75, 3.05) is 32.9 Å². The van der Waals surface area contributed by atoms with Crippen molar-refractivity contribution in [1.82, 2.24) is 24.8 Å². The van der Waals surface area contributed by atoms with Crippen LogP contribution < -0.4 is 19.5 Å². The van der Waals surface area contributed by atoms with Crippen LogP contribution >= 0.6 is 0 Å². The van der Waals surface area contributed by atoms with Crippen LogP contribution in [0.1, 0.15) is 111 Å². The van der Waals surface area contributed by atoms with Crippen molar-refractivity contribution in [2.45, 2.75) is 118 Å². The van der Waals surface area contributed by atoms with Gasteiger partial charge in [0.15, 0.2) is 5.75 Å². The Morgan fingerprint density at radius 3 is 2.24 bits per heavy atom. The number of alkyl carbamates (subject to hydrolysis) is 1. The highest BCUT2D eigenvalue weighted by molar-refractivity contribution is 5.87. The average molecular weight is 682 g/mol. The molecule has 49 heavy (non-hydrogen) atoms. The minimum absolute atomic E-state index is 0.122. The van der Waals surface area contributed by atoms with Gasteiger partial charge in [-0.05, 0) is 113 Å². The SMILES string of the molecule is CCOc1nc2c(c(OCC)c1OCC)CCCC2N(CCCCNC(=O)OC(C)(C)C)Cc1nc2ccccc2n1C(=O)OC(C)(C)C. The van der Waals surface area contributed by atoms with Crippen molar-refractivity contribution < 1.29 is 33.3 Å². The zero-order valence-corrected chi connectivity index (χ0v) is 30.8. The number of nitrogens with zero attached hydrogens (tertiary/aromatic N) is 4. The smallest absolute Gasteiger partial charge is 0.420 e. The number of benzene rings is 1. The monoisotopic (exact) mass is 681 g/mol. The molecule has 1 aromatic carbocycles. The summed E-state index contributed by atoms with van der Waals surface area (Å²) in [6.45, 7) is 19.8. The maximum Gasteiger partial charge on any atom is 0.420 e. The minimum atomic E-state index is -0.684. The van der Waals surface area contributed by atoms with Gasteiger partial charge in [0.25, 0.3) is 5.88 Å². The van der Waals surface area contributed by atoms with Gasteiger partial charge in [-0.2, -0.15) is 0 Å². The third-order valence-corrected chi connectivity index (χ3v) is 7.82. The number of para-hydroxylation sites is 2. The van der Waals surface area contributed by atoms with Crippen LogP contribution in [0.15, 0.2) is 24.3 Å². The van der Waals surface area contributed by atoms with Gasteiger partial charge in [-0.15, -0.1) is 0 Å². The number of unbranched alkanes of at least 4 members (excludes halogenated alkanes) is 1. The van der Waals surface area contributed by atoms with E-state index in [2.05, 4.69) is 10.2 Å². The zero-order valence-electron chi connectivity index (χ0n) is 30.8. The molecule has 0 saturated heterocycles. The maximum absolute atomic E-state index is 13.7. The molecule has 3 aromatic rings. The van der Waals surface area contributed by atoms with E-state index in [0.29, 0.717) is 73.7 Å². The number of imidazole rings is 1. The molecule has 1 unspecified atom stereocenters. The molecule has 1 amide bonds. The number of carbonyl (C=O) groups excluding carboxylic acids is 2. The topological polar surface area (TPSA) is 126 Å². The number of nitrogens with one attached hydrogen (secondary N) is 1. The molecule has 1 aliphatic carbocycles. The summed E-state index contributed by atoms with van der Waals surface area (Å²) in [7, 11) is 0. The fourth-order valence-electron chi connectivity index (χ4n) is 6.03. The van der Waals surface area contributed by atoms with Crippen molar-refractivity contribution >= 4 is 23.2 Å². The van der Waals surface area contributed by atoms with Crippen LogP contribution in [-0.2, 0) is 22.4 Å². The Kier molecular flexibility index (Phi) is 12.8. The first-order valence-electron chi connectivity index (χ1n) is 17.6.